The molecule has 2 aromatic carbocycles. The molecule has 2 aromatic rings. The van der Waals surface area contributed by atoms with Crippen molar-refractivity contribution in [2.45, 2.75) is 6.54 Å². The van der Waals surface area contributed by atoms with Crippen LogP contribution in [0.1, 0.15) is 5.56 Å². The number of fused-ring (bicyclic) bond motifs is 1. The number of rotatable bonds is 3. The lowest BCUT2D eigenvalue weighted by atomic mass is 10.1. The fourth-order valence-corrected chi connectivity index (χ4v) is 2.00. The van der Waals surface area contributed by atoms with E-state index in [-0.39, 0.29) is 12.5 Å². The first-order chi connectivity index (χ1) is 9.31. The Morgan fingerprint density at radius 1 is 1.16 bits per heavy atom. The van der Waals surface area contributed by atoms with E-state index in [0.717, 1.165) is 22.7 Å². The molecule has 1 aliphatic heterocycles. The van der Waals surface area contributed by atoms with Gasteiger partial charge >= 0.3 is 0 Å². The van der Waals surface area contributed by atoms with Crippen LogP contribution in [0.3, 0.4) is 0 Å². The SMILES string of the molecule is O=C1COc2ccc(CNc3ccccc3)cc2N1. The Hall–Kier alpha value is -2.49. The maximum Gasteiger partial charge on any atom is 0.262 e. The zero-order valence-electron chi connectivity index (χ0n) is 10.3. The van der Waals surface area contributed by atoms with Crippen molar-refractivity contribution in [3.05, 3.63) is 54.1 Å². The molecule has 96 valence electrons. The van der Waals surface area contributed by atoms with Gasteiger partial charge in [0.05, 0.1) is 5.69 Å². The molecule has 0 aliphatic carbocycles. The van der Waals surface area contributed by atoms with Crippen molar-refractivity contribution in [2.75, 3.05) is 17.2 Å². The van der Waals surface area contributed by atoms with E-state index >= 15 is 0 Å². The molecule has 4 nitrogen and oxygen atoms in total. The molecule has 0 aromatic heterocycles. The molecular formula is C15H14N2O2. The third-order valence-corrected chi connectivity index (χ3v) is 2.95. The van der Waals surface area contributed by atoms with Crippen LogP contribution in [0.5, 0.6) is 5.75 Å². The van der Waals surface area contributed by atoms with Crippen molar-refractivity contribution in [1.82, 2.24) is 0 Å². The van der Waals surface area contributed by atoms with Crippen molar-refractivity contribution in [2.24, 2.45) is 0 Å². The first-order valence-electron chi connectivity index (χ1n) is 6.16. The van der Waals surface area contributed by atoms with Gasteiger partial charge in [-0.15, -0.1) is 0 Å². The summed E-state index contributed by atoms with van der Waals surface area (Å²) in [6, 6.07) is 15.8. The smallest absolute Gasteiger partial charge is 0.262 e. The summed E-state index contributed by atoms with van der Waals surface area (Å²) in [5.41, 5.74) is 2.90. The summed E-state index contributed by atoms with van der Waals surface area (Å²) < 4.78 is 5.32. The van der Waals surface area contributed by atoms with Crippen molar-refractivity contribution in [1.29, 1.82) is 0 Å². The van der Waals surface area contributed by atoms with Gasteiger partial charge in [0, 0.05) is 12.2 Å². The number of amides is 1. The van der Waals surface area contributed by atoms with E-state index in [4.69, 9.17) is 4.74 Å². The molecule has 2 N–H and O–H groups in total. The number of nitrogens with one attached hydrogen (secondary N) is 2. The molecule has 19 heavy (non-hydrogen) atoms. The molecule has 3 rings (SSSR count). The zero-order chi connectivity index (χ0) is 13.1. The summed E-state index contributed by atoms with van der Waals surface area (Å²) in [7, 11) is 0. The summed E-state index contributed by atoms with van der Waals surface area (Å²) in [6.07, 6.45) is 0. The summed E-state index contributed by atoms with van der Waals surface area (Å²) in [4.78, 5) is 11.3. The predicted octanol–water partition coefficient (Wildman–Crippen LogP) is 2.63. The van der Waals surface area contributed by atoms with Gasteiger partial charge in [0.25, 0.3) is 5.91 Å². The quantitative estimate of drug-likeness (QED) is 0.885. The average Bonchev–Trinajstić information content (AvgIpc) is 2.46. The lowest BCUT2D eigenvalue weighted by Gasteiger charge is -2.18. The van der Waals surface area contributed by atoms with E-state index in [2.05, 4.69) is 10.6 Å². The Bertz CT molecular complexity index is 596. The van der Waals surface area contributed by atoms with Crippen LogP contribution < -0.4 is 15.4 Å². The molecule has 1 amide bonds. The number of benzene rings is 2. The van der Waals surface area contributed by atoms with Gasteiger partial charge in [-0.3, -0.25) is 4.79 Å². The van der Waals surface area contributed by atoms with Gasteiger partial charge in [0.15, 0.2) is 6.61 Å². The molecule has 4 heteroatoms. The Balaban J connectivity index is 1.72. The van der Waals surface area contributed by atoms with Crippen LogP contribution >= 0.6 is 0 Å². The molecule has 0 saturated heterocycles. The van der Waals surface area contributed by atoms with Crippen LogP contribution in [-0.4, -0.2) is 12.5 Å². The van der Waals surface area contributed by atoms with Crippen LogP contribution in [0.2, 0.25) is 0 Å². The van der Waals surface area contributed by atoms with E-state index < -0.39 is 0 Å². The second kappa shape index (κ2) is 5.02. The molecule has 0 spiro atoms. The lowest BCUT2D eigenvalue weighted by Crippen LogP contribution is -2.25. The Labute approximate surface area is 111 Å². The normalized spacial score (nSPS) is 13.2. The van der Waals surface area contributed by atoms with Crippen LogP contribution in [0.4, 0.5) is 11.4 Å². The molecule has 0 bridgehead atoms. The second-order valence-corrected chi connectivity index (χ2v) is 4.39. The number of carbonyl (C=O) groups excluding carboxylic acids is 1. The highest BCUT2D eigenvalue weighted by Crippen LogP contribution is 2.28. The molecule has 1 aliphatic rings. The first kappa shape index (κ1) is 11.6. The van der Waals surface area contributed by atoms with Crippen molar-refractivity contribution < 1.29 is 9.53 Å². The summed E-state index contributed by atoms with van der Waals surface area (Å²) in [5, 5.41) is 6.13. The maximum atomic E-state index is 11.3. The monoisotopic (exact) mass is 254 g/mol. The third kappa shape index (κ3) is 2.68. The Morgan fingerprint density at radius 3 is 2.84 bits per heavy atom. The molecule has 0 atom stereocenters. The number of para-hydroxylation sites is 1. The number of hydrogen-bond donors (Lipinski definition) is 2. The number of carbonyl (C=O) groups is 1. The van der Waals surface area contributed by atoms with E-state index in [1.54, 1.807) is 0 Å². The van der Waals surface area contributed by atoms with Gasteiger partial charge in [-0.05, 0) is 29.8 Å². The van der Waals surface area contributed by atoms with Crippen LogP contribution in [0.25, 0.3) is 0 Å². The highest BCUT2D eigenvalue weighted by Gasteiger charge is 2.15. The number of anilines is 2. The van der Waals surface area contributed by atoms with Gasteiger partial charge in [-0.2, -0.15) is 0 Å². The molecule has 0 saturated carbocycles. The van der Waals surface area contributed by atoms with E-state index in [1.807, 2.05) is 48.5 Å². The van der Waals surface area contributed by atoms with Crippen molar-refractivity contribution in [3.63, 3.8) is 0 Å². The Morgan fingerprint density at radius 2 is 2.00 bits per heavy atom. The minimum Gasteiger partial charge on any atom is -0.482 e. The minimum absolute atomic E-state index is 0.0919. The van der Waals surface area contributed by atoms with Gasteiger partial charge in [-0.1, -0.05) is 24.3 Å². The maximum absolute atomic E-state index is 11.3. The Kier molecular flexibility index (Phi) is 3.06. The van der Waals surface area contributed by atoms with Gasteiger partial charge in [0.1, 0.15) is 5.75 Å². The fraction of sp³-hybridized carbons (Fsp3) is 0.133. The highest BCUT2D eigenvalue weighted by molar-refractivity contribution is 5.95. The van der Waals surface area contributed by atoms with E-state index in [1.165, 1.54) is 0 Å². The predicted molar refractivity (Wildman–Crippen MR) is 74.3 cm³/mol. The van der Waals surface area contributed by atoms with Gasteiger partial charge in [0.2, 0.25) is 0 Å². The zero-order valence-corrected chi connectivity index (χ0v) is 10.3. The number of hydrogen-bond acceptors (Lipinski definition) is 3. The van der Waals surface area contributed by atoms with Crippen molar-refractivity contribution >= 4 is 17.3 Å². The molecule has 1 heterocycles. The molecule has 0 fully saturated rings. The van der Waals surface area contributed by atoms with Crippen LogP contribution in [0.15, 0.2) is 48.5 Å². The van der Waals surface area contributed by atoms with Crippen molar-refractivity contribution in [3.8, 4) is 5.75 Å². The fourth-order valence-electron chi connectivity index (χ4n) is 2.00. The molecular weight excluding hydrogens is 240 g/mol. The minimum atomic E-state index is -0.110. The third-order valence-electron chi connectivity index (χ3n) is 2.95. The van der Waals surface area contributed by atoms with Crippen LogP contribution in [0, 0.1) is 0 Å². The largest absolute Gasteiger partial charge is 0.482 e. The summed E-state index contributed by atoms with van der Waals surface area (Å²) in [5.74, 6) is 0.615. The lowest BCUT2D eigenvalue weighted by molar-refractivity contribution is -0.118. The molecule has 0 unspecified atom stereocenters. The van der Waals surface area contributed by atoms with E-state index in [9.17, 15) is 4.79 Å². The summed E-state index contributed by atoms with van der Waals surface area (Å²) >= 11 is 0. The van der Waals surface area contributed by atoms with Gasteiger partial charge in [-0.25, -0.2) is 0 Å². The topological polar surface area (TPSA) is 50.4 Å². The highest BCUT2D eigenvalue weighted by atomic mass is 16.5. The number of ether oxygens (including phenoxy) is 1. The van der Waals surface area contributed by atoms with Crippen LogP contribution in [-0.2, 0) is 11.3 Å². The first-order valence-corrected chi connectivity index (χ1v) is 6.16. The average molecular weight is 254 g/mol. The van der Waals surface area contributed by atoms with E-state index in [0.29, 0.717) is 6.54 Å². The second-order valence-electron chi connectivity index (χ2n) is 4.39. The summed E-state index contributed by atoms with van der Waals surface area (Å²) in [6.45, 7) is 0.793. The molecule has 0 radical (unpaired) electrons. The van der Waals surface area contributed by atoms with Gasteiger partial charge < -0.3 is 15.4 Å². The standard InChI is InChI=1S/C15H14N2O2/c18-15-10-19-14-7-6-11(8-13(14)17-15)9-16-12-4-2-1-3-5-12/h1-8,16H,9-10H2,(H,17,18).